The summed E-state index contributed by atoms with van der Waals surface area (Å²) in [7, 11) is 3.27. The molecule has 0 bridgehead atoms. The van der Waals surface area contributed by atoms with Gasteiger partial charge in [-0.15, -0.1) is 0 Å². The fourth-order valence-electron chi connectivity index (χ4n) is 2.02. The van der Waals surface area contributed by atoms with E-state index in [4.69, 9.17) is 16.7 Å². The van der Waals surface area contributed by atoms with E-state index < -0.39 is 0 Å². The van der Waals surface area contributed by atoms with Crippen molar-refractivity contribution in [3.8, 4) is 0 Å². The van der Waals surface area contributed by atoms with E-state index in [1.54, 1.807) is 30.8 Å². The van der Waals surface area contributed by atoms with Crippen molar-refractivity contribution in [3.05, 3.63) is 45.2 Å². The van der Waals surface area contributed by atoms with Crippen molar-refractivity contribution in [3.63, 3.8) is 0 Å². The number of nitrogens with zero attached hydrogens (tertiary/aromatic N) is 3. The van der Waals surface area contributed by atoms with Gasteiger partial charge in [-0.1, -0.05) is 5.16 Å². The van der Waals surface area contributed by atoms with Gasteiger partial charge in [-0.25, -0.2) is 4.39 Å². The Morgan fingerprint density at radius 2 is 1.90 bits per heavy atom. The topological polar surface area (TPSA) is 65.0 Å². The van der Waals surface area contributed by atoms with Crippen LogP contribution in [0.5, 0.6) is 0 Å². The summed E-state index contributed by atoms with van der Waals surface area (Å²) in [6.07, 6.45) is 0. The highest BCUT2D eigenvalue weighted by atomic mass is 32.1. The van der Waals surface area contributed by atoms with Crippen molar-refractivity contribution >= 4 is 34.8 Å². The zero-order valence-electron chi connectivity index (χ0n) is 11.3. The second kappa shape index (κ2) is 4.81. The van der Waals surface area contributed by atoms with E-state index in [0.29, 0.717) is 10.5 Å². The van der Waals surface area contributed by atoms with Crippen molar-refractivity contribution < 1.29 is 8.91 Å². The van der Waals surface area contributed by atoms with E-state index in [1.165, 1.54) is 16.7 Å². The number of benzene rings is 1. The molecule has 0 radical (unpaired) electrons. The number of anilines is 2. The van der Waals surface area contributed by atoms with Crippen molar-refractivity contribution in [2.75, 3.05) is 5.32 Å². The van der Waals surface area contributed by atoms with Gasteiger partial charge in [0.2, 0.25) is 5.71 Å². The molecule has 1 aromatic carbocycles. The molecule has 0 aliphatic heterocycles. The normalized spacial score (nSPS) is 11.0. The van der Waals surface area contributed by atoms with E-state index >= 15 is 0 Å². The fraction of sp³-hybridized carbons (Fsp3) is 0.154. The molecule has 3 aromatic rings. The predicted octanol–water partition coefficient (Wildman–Crippen LogP) is 2.48. The molecular formula is C13H11FN4O2S. The molecule has 0 saturated heterocycles. The Bertz CT molecular complexity index is 940. The summed E-state index contributed by atoms with van der Waals surface area (Å²) in [5.41, 5.74) is 0.574. The first-order valence-electron chi connectivity index (χ1n) is 6.07. The van der Waals surface area contributed by atoms with Crippen LogP contribution in [0.25, 0.3) is 11.1 Å². The van der Waals surface area contributed by atoms with Crippen LogP contribution >= 0.6 is 12.2 Å². The first-order valence-corrected chi connectivity index (χ1v) is 6.48. The zero-order chi connectivity index (χ0) is 15.1. The largest absolute Gasteiger partial charge is 0.337 e. The van der Waals surface area contributed by atoms with Gasteiger partial charge < -0.3 is 9.84 Å². The molecule has 0 atom stereocenters. The molecule has 2 aromatic heterocycles. The lowest BCUT2D eigenvalue weighted by molar-refractivity contribution is 0.438. The van der Waals surface area contributed by atoms with E-state index in [-0.39, 0.29) is 28.3 Å². The van der Waals surface area contributed by atoms with Gasteiger partial charge in [0, 0.05) is 19.8 Å². The smallest absolute Gasteiger partial charge is 0.269 e. The van der Waals surface area contributed by atoms with Crippen molar-refractivity contribution in [2.24, 2.45) is 14.1 Å². The van der Waals surface area contributed by atoms with Gasteiger partial charge in [-0.3, -0.25) is 13.9 Å². The van der Waals surface area contributed by atoms with Gasteiger partial charge >= 0.3 is 0 Å². The number of aryl methyl sites for hydroxylation is 1. The number of rotatable bonds is 2. The number of aromatic nitrogens is 3. The third kappa shape index (κ3) is 2.13. The van der Waals surface area contributed by atoms with Gasteiger partial charge in [0.1, 0.15) is 11.2 Å². The highest BCUT2D eigenvalue weighted by Gasteiger charge is 2.17. The minimum atomic E-state index is -0.344. The quantitative estimate of drug-likeness (QED) is 0.737. The van der Waals surface area contributed by atoms with E-state index in [2.05, 4.69) is 10.5 Å². The van der Waals surface area contributed by atoms with Crippen LogP contribution < -0.4 is 10.9 Å². The minimum Gasteiger partial charge on any atom is -0.337 e. The Balaban J connectivity index is 2.19. The Hall–Kier alpha value is -2.48. The minimum absolute atomic E-state index is 0.266. The molecule has 0 amide bonds. The molecule has 0 fully saturated rings. The summed E-state index contributed by atoms with van der Waals surface area (Å²) in [5, 5.41) is 7.08. The SMILES string of the molecule is Cn1c(=O)c2c(Nc3ccc(F)cc3)noc2n(C)c1=S. The second-order valence-corrected chi connectivity index (χ2v) is 4.91. The first-order chi connectivity index (χ1) is 9.99. The molecule has 2 heterocycles. The van der Waals surface area contributed by atoms with Crippen molar-refractivity contribution in [2.45, 2.75) is 0 Å². The van der Waals surface area contributed by atoms with Crippen molar-refractivity contribution in [1.29, 1.82) is 0 Å². The first kappa shape index (κ1) is 13.5. The van der Waals surface area contributed by atoms with Crippen molar-refractivity contribution in [1.82, 2.24) is 14.3 Å². The molecule has 0 spiro atoms. The van der Waals surface area contributed by atoms with Gasteiger partial charge in [0.05, 0.1) is 0 Å². The molecule has 21 heavy (non-hydrogen) atoms. The lowest BCUT2D eigenvalue weighted by atomic mass is 10.3. The molecule has 0 unspecified atom stereocenters. The maximum atomic E-state index is 12.9. The number of halogens is 1. The third-order valence-corrected chi connectivity index (χ3v) is 3.73. The molecule has 0 aliphatic carbocycles. The molecule has 0 aliphatic rings. The molecule has 108 valence electrons. The van der Waals surface area contributed by atoms with Gasteiger partial charge in [0.15, 0.2) is 10.6 Å². The Morgan fingerprint density at radius 1 is 1.24 bits per heavy atom. The molecular weight excluding hydrogens is 295 g/mol. The Kier molecular flexibility index (Phi) is 3.09. The molecule has 0 saturated carbocycles. The molecule has 1 N–H and O–H groups in total. The molecule has 3 rings (SSSR count). The van der Waals surface area contributed by atoms with Gasteiger partial charge in [0.25, 0.3) is 5.56 Å². The van der Waals surface area contributed by atoms with Crippen LogP contribution in [0.1, 0.15) is 0 Å². The number of hydrogen-bond acceptors (Lipinski definition) is 5. The Labute approximate surface area is 123 Å². The highest BCUT2D eigenvalue weighted by molar-refractivity contribution is 7.71. The fourth-order valence-corrected chi connectivity index (χ4v) is 2.19. The lowest BCUT2D eigenvalue weighted by Crippen LogP contribution is -2.21. The average molecular weight is 306 g/mol. The lowest BCUT2D eigenvalue weighted by Gasteiger charge is -2.05. The summed E-state index contributed by atoms with van der Waals surface area (Å²) in [4.78, 5) is 12.3. The third-order valence-electron chi connectivity index (χ3n) is 3.18. The number of nitrogens with one attached hydrogen (secondary N) is 1. The average Bonchev–Trinajstić information content (AvgIpc) is 2.89. The summed E-state index contributed by atoms with van der Waals surface area (Å²) >= 11 is 5.14. The summed E-state index contributed by atoms with van der Waals surface area (Å²) in [6, 6.07) is 5.71. The standard InChI is InChI=1S/C13H11FN4O2S/c1-17-11(19)9-10(15-8-5-3-7(14)4-6-8)16-20-12(9)18(2)13(17)21/h3-6H,1-2H3,(H,15,16). The van der Waals surface area contributed by atoms with E-state index in [0.717, 1.165) is 0 Å². The number of fused-ring (bicyclic) bond motifs is 1. The maximum Gasteiger partial charge on any atom is 0.269 e. The maximum absolute atomic E-state index is 12.9. The molecule has 6 nitrogen and oxygen atoms in total. The second-order valence-electron chi connectivity index (χ2n) is 4.55. The van der Waals surface area contributed by atoms with Crippen LogP contribution in [0.2, 0.25) is 0 Å². The van der Waals surface area contributed by atoms with Gasteiger partial charge in [-0.2, -0.15) is 0 Å². The Morgan fingerprint density at radius 3 is 2.57 bits per heavy atom. The van der Waals surface area contributed by atoms with E-state index in [1.807, 2.05) is 0 Å². The summed E-state index contributed by atoms with van der Waals surface area (Å²) in [6.45, 7) is 0. The van der Waals surface area contributed by atoms with Crippen LogP contribution in [0, 0.1) is 10.6 Å². The summed E-state index contributed by atoms with van der Waals surface area (Å²) < 4.78 is 21.3. The van der Waals surface area contributed by atoms with Crippen LogP contribution in [-0.4, -0.2) is 14.3 Å². The van der Waals surface area contributed by atoms with E-state index in [9.17, 15) is 9.18 Å². The monoisotopic (exact) mass is 306 g/mol. The van der Waals surface area contributed by atoms with Gasteiger partial charge in [-0.05, 0) is 36.5 Å². The van der Waals surface area contributed by atoms with Crippen LogP contribution in [-0.2, 0) is 14.1 Å². The number of hydrogen-bond donors (Lipinski definition) is 1. The highest BCUT2D eigenvalue weighted by Crippen LogP contribution is 2.22. The zero-order valence-corrected chi connectivity index (χ0v) is 12.1. The molecule has 8 heteroatoms. The summed E-state index contributed by atoms with van der Waals surface area (Å²) in [5.74, 6) is -0.0774. The van der Waals surface area contributed by atoms with Crippen LogP contribution in [0.15, 0.2) is 33.6 Å². The van der Waals surface area contributed by atoms with Crippen LogP contribution in [0.4, 0.5) is 15.9 Å². The predicted molar refractivity (Wildman–Crippen MR) is 78.7 cm³/mol. The van der Waals surface area contributed by atoms with Crippen LogP contribution in [0.3, 0.4) is 0 Å².